The lowest BCUT2D eigenvalue weighted by Gasteiger charge is -2.15. The molecule has 1 saturated carbocycles. The second-order valence-corrected chi connectivity index (χ2v) is 5.43. The Balaban J connectivity index is 1.85. The van der Waals surface area contributed by atoms with Gasteiger partial charge >= 0.3 is 5.97 Å². The van der Waals surface area contributed by atoms with Crippen LogP contribution in [0.15, 0.2) is 24.3 Å². The van der Waals surface area contributed by atoms with Crippen molar-refractivity contribution < 1.29 is 24.2 Å². The smallest absolute Gasteiger partial charge is 0.341 e. The zero-order chi connectivity index (χ0) is 16.0. The van der Waals surface area contributed by atoms with Gasteiger partial charge in [-0.15, -0.1) is 0 Å². The van der Waals surface area contributed by atoms with Gasteiger partial charge in [-0.05, 0) is 37.5 Å². The molecule has 0 unspecified atom stereocenters. The van der Waals surface area contributed by atoms with Crippen molar-refractivity contribution in [3.05, 3.63) is 29.8 Å². The first-order valence-electron chi connectivity index (χ1n) is 7.35. The summed E-state index contributed by atoms with van der Waals surface area (Å²) in [7, 11) is 0. The minimum atomic E-state index is -1.02. The summed E-state index contributed by atoms with van der Waals surface area (Å²) in [6, 6.07) is 7.04. The van der Waals surface area contributed by atoms with E-state index >= 15 is 0 Å². The standard InChI is InChI=1S/C16H21NO5/c1-2-21-11-16(6-7-16)15(20)17-9-12-4-3-5-13(8-12)22-10-14(18)19/h3-5,8H,2,6-7,9-11H2,1H3,(H,17,20)(H,18,19). The Labute approximate surface area is 129 Å². The molecule has 0 radical (unpaired) electrons. The zero-order valence-corrected chi connectivity index (χ0v) is 12.6. The average molecular weight is 307 g/mol. The van der Waals surface area contributed by atoms with Crippen molar-refractivity contribution in [3.8, 4) is 5.75 Å². The molecular formula is C16H21NO5. The van der Waals surface area contributed by atoms with Gasteiger partial charge in [-0.1, -0.05) is 12.1 Å². The molecule has 0 spiro atoms. The quantitative estimate of drug-likeness (QED) is 0.723. The van der Waals surface area contributed by atoms with Crippen molar-refractivity contribution in [2.75, 3.05) is 19.8 Å². The molecule has 22 heavy (non-hydrogen) atoms. The molecule has 0 saturated heterocycles. The summed E-state index contributed by atoms with van der Waals surface area (Å²) >= 11 is 0. The highest BCUT2D eigenvalue weighted by atomic mass is 16.5. The predicted molar refractivity (Wildman–Crippen MR) is 79.6 cm³/mol. The lowest BCUT2D eigenvalue weighted by molar-refractivity contribution is -0.139. The molecular weight excluding hydrogens is 286 g/mol. The largest absolute Gasteiger partial charge is 0.482 e. The van der Waals surface area contributed by atoms with Crippen molar-refractivity contribution in [2.24, 2.45) is 5.41 Å². The third kappa shape index (κ3) is 4.46. The van der Waals surface area contributed by atoms with Gasteiger partial charge in [0.25, 0.3) is 0 Å². The molecule has 1 aliphatic carbocycles. The third-order valence-electron chi connectivity index (χ3n) is 3.63. The van der Waals surface area contributed by atoms with Crippen LogP contribution in [0, 0.1) is 5.41 Å². The van der Waals surface area contributed by atoms with Crippen molar-refractivity contribution >= 4 is 11.9 Å². The van der Waals surface area contributed by atoms with Gasteiger partial charge in [0.1, 0.15) is 5.75 Å². The molecule has 0 aromatic heterocycles. The van der Waals surface area contributed by atoms with Crippen LogP contribution in [0.2, 0.25) is 0 Å². The number of benzene rings is 1. The summed E-state index contributed by atoms with van der Waals surface area (Å²) in [6.07, 6.45) is 1.72. The van der Waals surface area contributed by atoms with E-state index in [1.54, 1.807) is 18.2 Å². The summed E-state index contributed by atoms with van der Waals surface area (Å²) in [5.41, 5.74) is 0.511. The lowest BCUT2D eigenvalue weighted by atomic mass is 10.1. The maximum Gasteiger partial charge on any atom is 0.341 e. The van der Waals surface area contributed by atoms with Crippen LogP contribution in [0.25, 0.3) is 0 Å². The van der Waals surface area contributed by atoms with E-state index in [0.717, 1.165) is 18.4 Å². The van der Waals surface area contributed by atoms with Gasteiger partial charge in [-0.3, -0.25) is 4.79 Å². The molecule has 1 aromatic carbocycles. The summed E-state index contributed by atoms with van der Waals surface area (Å²) in [5, 5.41) is 11.5. The fourth-order valence-electron chi connectivity index (χ4n) is 2.15. The van der Waals surface area contributed by atoms with E-state index in [-0.39, 0.29) is 17.9 Å². The first-order chi connectivity index (χ1) is 10.6. The monoisotopic (exact) mass is 307 g/mol. The molecule has 2 N–H and O–H groups in total. The van der Waals surface area contributed by atoms with Crippen molar-refractivity contribution in [1.29, 1.82) is 0 Å². The molecule has 1 aromatic rings. The van der Waals surface area contributed by atoms with Crippen LogP contribution in [-0.2, 0) is 20.9 Å². The van der Waals surface area contributed by atoms with E-state index in [4.69, 9.17) is 14.6 Å². The van der Waals surface area contributed by atoms with E-state index in [2.05, 4.69) is 5.32 Å². The first-order valence-corrected chi connectivity index (χ1v) is 7.35. The van der Waals surface area contributed by atoms with E-state index in [9.17, 15) is 9.59 Å². The number of carboxylic acids is 1. The minimum absolute atomic E-state index is 0.0119. The van der Waals surface area contributed by atoms with Crippen LogP contribution < -0.4 is 10.1 Å². The number of carboxylic acid groups (broad SMARTS) is 1. The van der Waals surface area contributed by atoms with Crippen LogP contribution in [0.4, 0.5) is 0 Å². The predicted octanol–water partition coefficient (Wildman–Crippen LogP) is 1.58. The second-order valence-electron chi connectivity index (χ2n) is 5.43. The van der Waals surface area contributed by atoms with Crippen LogP contribution >= 0.6 is 0 Å². The van der Waals surface area contributed by atoms with Crippen LogP contribution in [0.1, 0.15) is 25.3 Å². The number of carbonyl (C=O) groups excluding carboxylic acids is 1. The van der Waals surface area contributed by atoms with Gasteiger partial charge in [0.2, 0.25) is 5.91 Å². The maximum absolute atomic E-state index is 12.2. The van der Waals surface area contributed by atoms with Crippen LogP contribution in [0.3, 0.4) is 0 Å². The Morgan fingerprint density at radius 2 is 2.14 bits per heavy atom. The van der Waals surface area contributed by atoms with Gasteiger partial charge in [0, 0.05) is 13.2 Å². The van der Waals surface area contributed by atoms with Crippen molar-refractivity contribution in [3.63, 3.8) is 0 Å². The summed E-state index contributed by atoms with van der Waals surface area (Å²) in [4.78, 5) is 22.7. The average Bonchev–Trinajstić information content (AvgIpc) is 3.30. The Morgan fingerprint density at radius 3 is 2.77 bits per heavy atom. The molecule has 6 nitrogen and oxygen atoms in total. The second kappa shape index (κ2) is 7.26. The van der Waals surface area contributed by atoms with Gasteiger partial charge < -0.3 is 19.9 Å². The Hall–Kier alpha value is -2.08. The highest BCUT2D eigenvalue weighted by molar-refractivity contribution is 5.85. The molecule has 0 aliphatic heterocycles. The summed E-state index contributed by atoms with van der Waals surface area (Å²) in [6.45, 7) is 3.00. The molecule has 1 fully saturated rings. The van der Waals surface area contributed by atoms with E-state index in [1.807, 2.05) is 13.0 Å². The third-order valence-corrected chi connectivity index (χ3v) is 3.63. The van der Waals surface area contributed by atoms with E-state index in [1.165, 1.54) is 0 Å². The Kier molecular flexibility index (Phi) is 5.38. The lowest BCUT2D eigenvalue weighted by Crippen LogP contribution is -2.34. The number of carbonyl (C=O) groups is 2. The highest BCUT2D eigenvalue weighted by Gasteiger charge is 2.49. The minimum Gasteiger partial charge on any atom is -0.482 e. The molecule has 2 rings (SSSR count). The molecule has 0 bridgehead atoms. The Morgan fingerprint density at radius 1 is 1.36 bits per heavy atom. The SMILES string of the molecule is CCOCC1(C(=O)NCc2cccc(OCC(=O)O)c2)CC1. The topological polar surface area (TPSA) is 84.9 Å². The van der Waals surface area contributed by atoms with E-state index < -0.39 is 5.97 Å². The number of amides is 1. The van der Waals surface area contributed by atoms with Gasteiger partial charge in [0.15, 0.2) is 6.61 Å². The number of nitrogens with one attached hydrogen (secondary N) is 1. The van der Waals surface area contributed by atoms with Crippen LogP contribution in [0.5, 0.6) is 5.75 Å². The number of hydrogen-bond acceptors (Lipinski definition) is 4. The number of hydrogen-bond donors (Lipinski definition) is 2. The normalized spacial score (nSPS) is 15.1. The molecule has 120 valence electrons. The van der Waals surface area contributed by atoms with Gasteiger partial charge in [-0.25, -0.2) is 4.79 Å². The number of aliphatic carboxylic acids is 1. The van der Waals surface area contributed by atoms with Crippen LogP contribution in [-0.4, -0.2) is 36.8 Å². The summed E-state index contributed by atoms with van der Waals surface area (Å²) in [5.74, 6) is -0.535. The maximum atomic E-state index is 12.2. The number of rotatable bonds is 9. The van der Waals surface area contributed by atoms with E-state index in [0.29, 0.717) is 25.5 Å². The fraction of sp³-hybridized carbons (Fsp3) is 0.500. The summed E-state index contributed by atoms with van der Waals surface area (Å²) < 4.78 is 10.5. The van der Waals surface area contributed by atoms with Gasteiger partial charge in [-0.2, -0.15) is 0 Å². The first kappa shape index (κ1) is 16.3. The molecule has 0 atom stereocenters. The van der Waals surface area contributed by atoms with Crippen molar-refractivity contribution in [1.82, 2.24) is 5.32 Å². The van der Waals surface area contributed by atoms with Gasteiger partial charge in [0.05, 0.1) is 12.0 Å². The number of ether oxygens (including phenoxy) is 2. The highest BCUT2D eigenvalue weighted by Crippen LogP contribution is 2.46. The van der Waals surface area contributed by atoms with Crippen molar-refractivity contribution in [2.45, 2.75) is 26.3 Å². The molecule has 0 heterocycles. The fourth-order valence-corrected chi connectivity index (χ4v) is 2.15. The zero-order valence-electron chi connectivity index (χ0n) is 12.6. The molecule has 1 amide bonds. The molecule has 1 aliphatic rings. The Bertz CT molecular complexity index is 539. The molecule has 6 heteroatoms.